The Hall–Kier alpha value is -3.13. The number of benzene rings is 2. The van der Waals surface area contributed by atoms with Gasteiger partial charge in [0, 0.05) is 0 Å². The third kappa shape index (κ3) is 4.09. The molecule has 0 saturated heterocycles. The van der Waals surface area contributed by atoms with Crippen LogP contribution in [0.1, 0.15) is 22.0 Å². The second kappa shape index (κ2) is 8.30. The summed E-state index contributed by atoms with van der Waals surface area (Å²) in [4.78, 5) is 11.2. The zero-order chi connectivity index (χ0) is 19.3. The first-order chi connectivity index (χ1) is 12.4. The fraction of sp³-hybridized carbons (Fsp3) is 0.278. The first kappa shape index (κ1) is 19.2. The van der Waals surface area contributed by atoms with Crippen LogP contribution in [-0.2, 0) is 0 Å². The van der Waals surface area contributed by atoms with Gasteiger partial charge in [0.1, 0.15) is 12.7 Å². The number of aliphatic hydroxyl groups excluding tert-OH is 1. The third-order valence-corrected chi connectivity index (χ3v) is 3.68. The van der Waals surface area contributed by atoms with Gasteiger partial charge in [0.05, 0.1) is 26.9 Å². The summed E-state index contributed by atoms with van der Waals surface area (Å²) in [6.07, 6.45) is -1.03. The van der Waals surface area contributed by atoms with E-state index in [1.807, 2.05) is 0 Å². The Bertz CT molecular complexity index is 762. The number of carbonyl (C=O) groups is 1. The van der Waals surface area contributed by atoms with Crippen molar-refractivity contribution in [2.75, 3.05) is 27.9 Å². The van der Waals surface area contributed by atoms with E-state index in [4.69, 9.17) is 24.1 Å². The molecule has 0 bridgehead atoms. The Morgan fingerprint density at radius 2 is 1.58 bits per heavy atom. The molecule has 1 unspecified atom stereocenters. The Labute approximate surface area is 150 Å². The number of hydrogen-bond acceptors (Lipinski definition) is 7. The highest BCUT2D eigenvalue weighted by molar-refractivity contribution is 5.89. The van der Waals surface area contributed by atoms with Gasteiger partial charge in [0.2, 0.25) is 5.75 Å². The number of rotatable bonds is 8. The lowest BCUT2D eigenvalue weighted by molar-refractivity contribution is 0.0695. The van der Waals surface area contributed by atoms with Crippen molar-refractivity contribution in [3.63, 3.8) is 0 Å². The molecule has 0 aliphatic heterocycles. The smallest absolute Gasteiger partial charge is 0.335 e. The molecule has 0 radical (unpaired) electrons. The van der Waals surface area contributed by atoms with E-state index in [1.54, 1.807) is 0 Å². The fourth-order valence-corrected chi connectivity index (χ4v) is 2.31. The predicted molar refractivity (Wildman–Crippen MR) is 91.6 cm³/mol. The number of phenols is 1. The van der Waals surface area contributed by atoms with Gasteiger partial charge in [0.15, 0.2) is 23.0 Å². The molecule has 2 aromatic carbocycles. The summed E-state index contributed by atoms with van der Waals surface area (Å²) in [5, 5.41) is 29.1. The minimum absolute atomic E-state index is 0.0186. The maximum Gasteiger partial charge on any atom is 0.335 e. The quantitative estimate of drug-likeness (QED) is 0.653. The molecule has 0 amide bonds. The van der Waals surface area contributed by atoms with Gasteiger partial charge < -0.3 is 34.3 Å². The van der Waals surface area contributed by atoms with Crippen LogP contribution >= 0.6 is 0 Å². The van der Waals surface area contributed by atoms with Crippen molar-refractivity contribution in [3.05, 3.63) is 41.5 Å². The van der Waals surface area contributed by atoms with E-state index >= 15 is 0 Å². The van der Waals surface area contributed by atoms with Crippen molar-refractivity contribution in [1.29, 1.82) is 0 Å². The molecule has 8 nitrogen and oxygen atoms in total. The molecule has 0 fully saturated rings. The van der Waals surface area contributed by atoms with E-state index in [9.17, 15) is 15.0 Å². The van der Waals surface area contributed by atoms with E-state index in [2.05, 4.69) is 0 Å². The van der Waals surface area contributed by atoms with Crippen LogP contribution in [0.15, 0.2) is 30.3 Å². The Morgan fingerprint density at radius 1 is 1.00 bits per heavy atom. The molecule has 0 saturated carbocycles. The average Bonchev–Trinajstić information content (AvgIpc) is 2.65. The molecule has 3 N–H and O–H groups in total. The fourth-order valence-electron chi connectivity index (χ4n) is 2.31. The second-order valence-electron chi connectivity index (χ2n) is 5.27. The lowest BCUT2D eigenvalue weighted by Gasteiger charge is -2.18. The van der Waals surface area contributed by atoms with Crippen LogP contribution in [0.25, 0.3) is 0 Å². The lowest BCUT2D eigenvalue weighted by atomic mass is 10.1. The maximum absolute atomic E-state index is 11.2. The average molecular weight is 364 g/mol. The van der Waals surface area contributed by atoms with Crippen LogP contribution in [0.3, 0.4) is 0 Å². The molecule has 1 atom stereocenters. The number of carboxylic acids is 1. The third-order valence-electron chi connectivity index (χ3n) is 3.68. The first-order valence-electron chi connectivity index (χ1n) is 7.58. The molecule has 26 heavy (non-hydrogen) atoms. The minimum atomic E-state index is -1.13. The van der Waals surface area contributed by atoms with E-state index in [-0.39, 0.29) is 40.9 Å². The van der Waals surface area contributed by atoms with Crippen molar-refractivity contribution >= 4 is 5.97 Å². The van der Waals surface area contributed by atoms with Crippen molar-refractivity contribution in [2.24, 2.45) is 0 Å². The molecule has 0 heterocycles. The molecule has 8 heteroatoms. The SMILES string of the molecule is COc1cc(C(O)COc2c(OC)cc(C(=O)O)cc2OC)ccc1O. The number of aliphatic hydroxyl groups is 1. The standard InChI is InChI=1S/C18H20O8/c1-23-14-6-10(4-5-12(14)19)13(20)9-26-17-15(24-2)7-11(18(21)22)8-16(17)25-3/h4-8,13,19-20H,9H2,1-3H3,(H,21,22). The predicted octanol–water partition coefficient (Wildman–Crippen LogP) is 2.23. The summed E-state index contributed by atoms with van der Waals surface area (Å²) in [5.41, 5.74) is 0.453. The Morgan fingerprint density at radius 3 is 2.08 bits per heavy atom. The number of aromatic carboxylic acids is 1. The van der Waals surface area contributed by atoms with Crippen molar-refractivity contribution < 1.29 is 39.1 Å². The van der Waals surface area contributed by atoms with Gasteiger partial charge >= 0.3 is 5.97 Å². The summed E-state index contributed by atoms with van der Waals surface area (Å²) >= 11 is 0. The molecule has 2 rings (SSSR count). The summed E-state index contributed by atoms with van der Waals surface area (Å²) < 4.78 is 20.9. The molecule has 140 valence electrons. The van der Waals surface area contributed by atoms with Crippen LogP contribution in [0, 0.1) is 0 Å². The van der Waals surface area contributed by atoms with Crippen molar-refractivity contribution in [1.82, 2.24) is 0 Å². The molecule has 0 aliphatic carbocycles. The van der Waals surface area contributed by atoms with Gasteiger partial charge in [-0.05, 0) is 29.8 Å². The highest BCUT2D eigenvalue weighted by Gasteiger charge is 2.19. The monoisotopic (exact) mass is 364 g/mol. The molecule has 2 aromatic rings. The van der Waals surface area contributed by atoms with Crippen LogP contribution in [0.2, 0.25) is 0 Å². The van der Waals surface area contributed by atoms with Crippen LogP contribution < -0.4 is 18.9 Å². The molecule has 0 spiro atoms. The number of phenolic OH excluding ortho intramolecular Hbond substituents is 1. The zero-order valence-electron chi connectivity index (χ0n) is 14.6. The Kier molecular flexibility index (Phi) is 6.13. The highest BCUT2D eigenvalue weighted by atomic mass is 16.5. The van der Waals surface area contributed by atoms with Crippen LogP contribution in [0.4, 0.5) is 0 Å². The van der Waals surface area contributed by atoms with Gasteiger partial charge in [-0.15, -0.1) is 0 Å². The topological polar surface area (TPSA) is 115 Å². The first-order valence-corrected chi connectivity index (χ1v) is 7.58. The molecule has 0 aromatic heterocycles. The van der Waals surface area contributed by atoms with Gasteiger partial charge in [-0.2, -0.15) is 0 Å². The maximum atomic E-state index is 11.2. The number of ether oxygens (including phenoxy) is 4. The zero-order valence-corrected chi connectivity index (χ0v) is 14.6. The van der Waals surface area contributed by atoms with E-state index < -0.39 is 12.1 Å². The summed E-state index contributed by atoms with van der Waals surface area (Å²) in [6.45, 7) is -0.160. The number of carboxylic acid groups (broad SMARTS) is 1. The van der Waals surface area contributed by atoms with Crippen molar-refractivity contribution in [2.45, 2.75) is 6.10 Å². The molecular weight excluding hydrogens is 344 g/mol. The molecule has 0 aliphatic rings. The highest BCUT2D eigenvalue weighted by Crippen LogP contribution is 2.39. The normalized spacial score (nSPS) is 11.5. The number of hydrogen-bond donors (Lipinski definition) is 3. The van der Waals surface area contributed by atoms with Crippen molar-refractivity contribution in [3.8, 4) is 28.7 Å². The molecular formula is C18H20O8. The van der Waals surface area contributed by atoms with E-state index in [0.717, 1.165) is 0 Å². The van der Waals surface area contributed by atoms with E-state index in [0.29, 0.717) is 5.56 Å². The number of aromatic hydroxyl groups is 1. The second-order valence-corrected chi connectivity index (χ2v) is 5.27. The largest absolute Gasteiger partial charge is 0.504 e. The van der Waals surface area contributed by atoms with Gasteiger partial charge in [-0.1, -0.05) is 6.07 Å². The summed E-state index contributed by atoms with van der Waals surface area (Å²) in [6, 6.07) is 7.03. The lowest BCUT2D eigenvalue weighted by Crippen LogP contribution is -2.11. The van der Waals surface area contributed by atoms with Gasteiger partial charge in [-0.25, -0.2) is 4.79 Å². The summed E-state index contributed by atoms with van der Waals surface area (Å²) in [5.74, 6) is -0.455. The van der Waals surface area contributed by atoms with Crippen LogP contribution in [0.5, 0.6) is 28.7 Å². The van der Waals surface area contributed by atoms with Gasteiger partial charge in [-0.3, -0.25) is 0 Å². The minimum Gasteiger partial charge on any atom is -0.504 e. The summed E-state index contributed by atoms with van der Waals surface area (Å²) in [7, 11) is 4.14. The van der Waals surface area contributed by atoms with E-state index in [1.165, 1.54) is 51.7 Å². The Balaban J connectivity index is 2.24. The van der Waals surface area contributed by atoms with Crippen LogP contribution in [-0.4, -0.2) is 49.2 Å². The van der Waals surface area contributed by atoms with Gasteiger partial charge in [0.25, 0.3) is 0 Å². The number of methoxy groups -OCH3 is 3.